The van der Waals surface area contributed by atoms with E-state index in [1.54, 1.807) is 7.05 Å². The molecule has 0 bridgehead atoms. The Labute approximate surface area is 89.5 Å². The second kappa shape index (κ2) is 4.47. The number of aryl methyl sites for hydroxylation is 2. The van der Waals surface area contributed by atoms with Crippen LogP contribution < -0.4 is 0 Å². The molecule has 0 saturated heterocycles. The molecular weight excluding hydrogens is 198 g/mol. The maximum absolute atomic E-state index is 10.9. The minimum absolute atomic E-state index is 0.423. The minimum atomic E-state index is -0.423. The number of rotatable bonds is 2. The topological polar surface area (TPSA) is 20.3 Å². The average Bonchev–Trinajstić information content (AvgIpc) is 2.11. The van der Waals surface area contributed by atoms with Crippen LogP contribution in [-0.2, 0) is 6.54 Å². The molecule has 0 aliphatic carbocycles. The van der Waals surface area contributed by atoms with Crippen LogP contribution in [0.5, 0.6) is 0 Å². The molecule has 0 atom stereocenters. The van der Waals surface area contributed by atoms with E-state index in [-0.39, 0.29) is 0 Å². The first-order chi connectivity index (χ1) is 6.52. The molecule has 0 aliphatic rings. The lowest BCUT2D eigenvalue weighted by molar-refractivity contribution is 0.230. The van der Waals surface area contributed by atoms with Crippen molar-refractivity contribution in [1.29, 1.82) is 0 Å². The zero-order chi connectivity index (χ0) is 10.7. The van der Waals surface area contributed by atoms with Gasteiger partial charge in [0.1, 0.15) is 0 Å². The van der Waals surface area contributed by atoms with Crippen LogP contribution in [0.25, 0.3) is 0 Å². The fraction of sp³-hybridized carbons (Fsp3) is 0.364. The highest BCUT2D eigenvalue weighted by Crippen LogP contribution is 2.15. The van der Waals surface area contributed by atoms with E-state index in [2.05, 4.69) is 0 Å². The van der Waals surface area contributed by atoms with E-state index in [0.29, 0.717) is 6.54 Å². The molecular formula is C11H14ClNO. The number of hydrogen-bond acceptors (Lipinski definition) is 1. The maximum Gasteiger partial charge on any atom is 0.316 e. The molecule has 0 spiro atoms. The van der Waals surface area contributed by atoms with Gasteiger partial charge in [0.15, 0.2) is 0 Å². The Bertz CT molecular complexity index is 329. The summed E-state index contributed by atoms with van der Waals surface area (Å²) in [6.07, 6.45) is 0. The minimum Gasteiger partial charge on any atom is -0.328 e. The SMILES string of the molecule is Cc1cccc(C)c1CN(C)C(=O)Cl. The Kier molecular flexibility index (Phi) is 3.53. The van der Waals surface area contributed by atoms with Crippen molar-refractivity contribution in [3.8, 4) is 0 Å². The van der Waals surface area contributed by atoms with E-state index in [1.165, 1.54) is 21.6 Å². The first-order valence-electron chi connectivity index (χ1n) is 4.48. The summed E-state index contributed by atoms with van der Waals surface area (Å²) < 4.78 is 0. The smallest absolute Gasteiger partial charge is 0.316 e. The highest BCUT2D eigenvalue weighted by molar-refractivity contribution is 6.62. The standard InChI is InChI=1S/C11H14ClNO/c1-8-5-4-6-9(2)10(8)7-13(3)11(12)14/h4-6H,7H2,1-3H3. The monoisotopic (exact) mass is 211 g/mol. The van der Waals surface area contributed by atoms with Gasteiger partial charge in [0.2, 0.25) is 0 Å². The molecule has 2 nitrogen and oxygen atoms in total. The van der Waals surface area contributed by atoms with Crippen molar-refractivity contribution in [2.45, 2.75) is 20.4 Å². The lowest BCUT2D eigenvalue weighted by atomic mass is 10.0. The van der Waals surface area contributed by atoms with Gasteiger partial charge in [-0.25, -0.2) is 0 Å². The second-order valence-electron chi connectivity index (χ2n) is 3.48. The van der Waals surface area contributed by atoms with Crippen LogP contribution >= 0.6 is 11.6 Å². The summed E-state index contributed by atoms with van der Waals surface area (Å²) in [7, 11) is 1.70. The summed E-state index contributed by atoms with van der Waals surface area (Å²) in [5, 5.41) is -0.423. The molecule has 1 rings (SSSR count). The van der Waals surface area contributed by atoms with Gasteiger partial charge >= 0.3 is 5.37 Å². The Balaban J connectivity index is 2.91. The molecule has 1 aromatic rings. The van der Waals surface area contributed by atoms with Crippen molar-refractivity contribution in [2.75, 3.05) is 7.05 Å². The predicted octanol–water partition coefficient (Wildman–Crippen LogP) is 3.09. The fourth-order valence-corrected chi connectivity index (χ4v) is 1.46. The van der Waals surface area contributed by atoms with Crippen LogP contribution in [-0.4, -0.2) is 17.3 Å². The predicted molar refractivity (Wildman–Crippen MR) is 58.6 cm³/mol. The molecule has 0 radical (unpaired) electrons. The van der Waals surface area contributed by atoms with E-state index < -0.39 is 5.37 Å². The largest absolute Gasteiger partial charge is 0.328 e. The first-order valence-corrected chi connectivity index (χ1v) is 4.86. The number of halogens is 1. The van der Waals surface area contributed by atoms with E-state index in [4.69, 9.17) is 11.6 Å². The number of benzene rings is 1. The molecule has 0 saturated carbocycles. The zero-order valence-corrected chi connectivity index (χ0v) is 9.43. The van der Waals surface area contributed by atoms with Crippen LogP contribution in [0.15, 0.2) is 18.2 Å². The summed E-state index contributed by atoms with van der Waals surface area (Å²) in [6.45, 7) is 4.64. The van der Waals surface area contributed by atoms with Crippen molar-refractivity contribution in [3.63, 3.8) is 0 Å². The van der Waals surface area contributed by atoms with Gasteiger partial charge in [-0.1, -0.05) is 18.2 Å². The van der Waals surface area contributed by atoms with Gasteiger partial charge < -0.3 is 4.90 Å². The maximum atomic E-state index is 10.9. The van der Waals surface area contributed by atoms with Crippen LogP contribution in [0.1, 0.15) is 16.7 Å². The van der Waals surface area contributed by atoms with Crippen LogP contribution in [0.2, 0.25) is 0 Å². The lowest BCUT2D eigenvalue weighted by Crippen LogP contribution is -2.21. The Morgan fingerprint density at radius 1 is 1.36 bits per heavy atom. The third-order valence-corrected chi connectivity index (χ3v) is 2.63. The van der Waals surface area contributed by atoms with Crippen molar-refractivity contribution in [2.24, 2.45) is 0 Å². The quantitative estimate of drug-likeness (QED) is 0.544. The Hall–Kier alpha value is -1.02. The van der Waals surface area contributed by atoms with E-state index >= 15 is 0 Å². The first kappa shape index (κ1) is 11.1. The van der Waals surface area contributed by atoms with Gasteiger partial charge in [-0.15, -0.1) is 0 Å². The number of carbonyl (C=O) groups is 1. The van der Waals surface area contributed by atoms with Gasteiger partial charge in [0.05, 0.1) is 0 Å². The van der Waals surface area contributed by atoms with Gasteiger partial charge in [-0.05, 0) is 42.1 Å². The molecule has 0 fully saturated rings. The number of carbonyl (C=O) groups excluding carboxylic acids is 1. The Morgan fingerprint density at radius 3 is 2.29 bits per heavy atom. The highest BCUT2D eigenvalue weighted by atomic mass is 35.5. The van der Waals surface area contributed by atoms with E-state index in [1.807, 2.05) is 32.0 Å². The number of amides is 1. The van der Waals surface area contributed by atoms with Crippen molar-refractivity contribution < 1.29 is 4.79 Å². The molecule has 3 heteroatoms. The third-order valence-electron chi connectivity index (χ3n) is 2.34. The van der Waals surface area contributed by atoms with Crippen molar-refractivity contribution in [1.82, 2.24) is 4.90 Å². The highest BCUT2D eigenvalue weighted by Gasteiger charge is 2.08. The molecule has 0 aromatic heterocycles. The molecule has 76 valence electrons. The molecule has 0 N–H and O–H groups in total. The number of hydrogen-bond donors (Lipinski definition) is 0. The van der Waals surface area contributed by atoms with Crippen LogP contribution in [0.4, 0.5) is 4.79 Å². The second-order valence-corrected chi connectivity index (χ2v) is 3.80. The number of nitrogens with zero attached hydrogens (tertiary/aromatic N) is 1. The normalized spacial score (nSPS) is 10.0. The third kappa shape index (κ3) is 2.48. The molecule has 1 amide bonds. The van der Waals surface area contributed by atoms with E-state index in [9.17, 15) is 4.79 Å². The Morgan fingerprint density at radius 2 is 1.86 bits per heavy atom. The van der Waals surface area contributed by atoms with Gasteiger partial charge in [-0.3, -0.25) is 4.79 Å². The summed E-state index contributed by atoms with van der Waals surface area (Å²) in [5.41, 5.74) is 3.55. The lowest BCUT2D eigenvalue weighted by Gasteiger charge is -2.16. The summed E-state index contributed by atoms with van der Waals surface area (Å²) in [6, 6.07) is 6.08. The molecule has 1 aromatic carbocycles. The molecule has 0 unspecified atom stereocenters. The van der Waals surface area contributed by atoms with E-state index in [0.717, 1.165) is 0 Å². The summed E-state index contributed by atoms with van der Waals surface area (Å²) >= 11 is 5.37. The summed E-state index contributed by atoms with van der Waals surface area (Å²) in [4.78, 5) is 12.4. The van der Waals surface area contributed by atoms with Crippen LogP contribution in [0, 0.1) is 13.8 Å². The van der Waals surface area contributed by atoms with Crippen molar-refractivity contribution >= 4 is 17.0 Å². The van der Waals surface area contributed by atoms with Gasteiger partial charge in [0, 0.05) is 13.6 Å². The average molecular weight is 212 g/mol. The molecule has 14 heavy (non-hydrogen) atoms. The zero-order valence-electron chi connectivity index (χ0n) is 8.67. The summed E-state index contributed by atoms with van der Waals surface area (Å²) in [5.74, 6) is 0. The fourth-order valence-electron chi connectivity index (χ4n) is 1.40. The van der Waals surface area contributed by atoms with Crippen molar-refractivity contribution in [3.05, 3.63) is 34.9 Å². The van der Waals surface area contributed by atoms with Gasteiger partial charge in [-0.2, -0.15) is 0 Å². The molecule has 0 heterocycles. The van der Waals surface area contributed by atoms with Crippen LogP contribution in [0.3, 0.4) is 0 Å². The molecule has 0 aliphatic heterocycles. The van der Waals surface area contributed by atoms with Gasteiger partial charge in [0.25, 0.3) is 0 Å².